The summed E-state index contributed by atoms with van der Waals surface area (Å²) < 4.78 is 0. The summed E-state index contributed by atoms with van der Waals surface area (Å²) in [6, 6.07) is 42.6. The summed E-state index contributed by atoms with van der Waals surface area (Å²) in [4.78, 5) is 0. The SMILES string of the molecule is c1ccc(Nc2ccc(-c3cccc4c(-c5ccccc5)cccc34)cc2)cc1. The van der Waals surface area contributed by atoms with Crippen molar-refractivity contribution in [3.63, 3.8) is 0 Å². The van der Waals surface area contributed by atoms with Crippen molar-refractivity contribution in [3.05, 3.63) is 121 Å². The van der Waals surface area contributed by atoms with E-state index in [0.29, 0.717) is 0 Å². The second-order valence-corrected chi connectivity index (χ2v) is 7.14. The van der Waals surface area contributed by atoms with Crippen LogP contribution in [0.4, 0.5) is 11.4 Å². The minimum Gasteiger partial charge on any atom is -0.356 e. The van der Waals surface area contributed by atoms with E-state index in [1.165, 1.54) is 33.0 Å². The zero-order chi connectivity index (χ0) is 19.5. The molecule has 0 heterocycles. The van der Waals surface area contributed by atoms with Crippen molar-refractivity contribution in [2.75, 3.05) is 5.32 Å². The van der Waals surface area contributed by atoms with Gasteiger partial charge in [-0.25, -0.2) is 0 Å². The average Bonchev–Trinajstić information content (AvgIpc) is 2.80. The van der Waals surface area contributed by atoms with Gasteiger partial charge in [0.05, 0.1) is 0 Å². The van der Waals surface area contributed by atoms with Crippen molar-refractivity contribution in [2.24, 2.45) is 0 Å². The van der Waals surface area contributed by atoms with Crippen molar-refractivity contribution in [1.82, 2.24) is 0 Å². The molecule has 5 aromatic rings. The Kier molecular flexibility index (Phi) is 4.56. The van der Waals surface area contributed by atoms with E-state index in [9.17, 15) is 0 Å². The van der Waals surface area contributed by atoms with Gasteiger partial charge >= 0.3 is 0 Å². The van der Waals surface area contributed by atoms with Gasteiger partial charge in [-0.05, 0) is 57.3 Å². The van der Waals surface area contributed by atoms with E-state index < -0.39 is 0 Å². The van der Waals surface area contributed by atoms with E-state index in [2.05, 4.69) is 108 Å². The molecule has 0 spiro atoms. The van der Waals surface area contributed by atoms with E-state index in [1.54, 1.807) is 0 Å². The van der Waals surface area contributed by atoms with Crippen molar-refractivity contribution in [2.45, 2.75) is 0 Å². The van der Waals surface area contributed by atoms with Gasteiger partial charge in [-0.2, -0.15) is 0 Å². The van der Waals surface area contributed by atoms with E-state index in [-0.39, 0.29) is 0 Å². The molecule has 138 valence electrons. The maximum atomic E-state index is 3.45. The first kappa shape index (κ1) is 17.3. The lowest BCUT2D eigenvalue weighted by Gasteiger charge is -2.12. The third kappa shape index (κ3) is 3.51. The summed E-state index contributed by atoms with van der Waals surface area (Å²) in [7, 11) is 0. The Morgan fingerprint density at radius 2 is 0.828 bits per heavy atom. The molecule has 0 aliphatic heterocycles. The standard InChI is InChI=1S/C28H21N/c1-3-9-21(10-4-1)25-13-7-16-28-26(14-8-15-27(25)28)22-17-19-24(20-18-22)29-23-11-5-2-6-12-23/h1-20,29H. The highest BCUT2D eigenvalue weighted by molar-refractivity contribution is 6.04. The molecule has 0 amide bonds. The van der Waals surface area contributed by atoms with Crippen LogP contribution in [0.1, 0.15) is 0 Å². The molecule has 0 fully saturated rings. The van der Waals surface area contributed by atoms with E-state index in [1.807, 2.05) is 18.2 Å². The monoisotopic (exact) mass is 371 g/mol. The molecule has 0 saturated heterocycles. The molecule has 0 bridgehead atoms. The van der Waals surface area contributed by atoms with E-state index >= 15 is 0 Å². The van der Waals surface area contributed by atoms with Crippen molar-refractivity contribution in [3.8, 4) is 22.3 Å². The molecule has 5 aromatic carbocycles. The van der Waals surface area contributed by atoms with Crippen LogP contribution in [0.3, 0.4) is 0 Å². The molecule has 1 nitrogen and oxygen atoms in total. The van der Waals surface area contributed by atoms with Gasteiger partial charge in [0, 0.05) is 11.4 Å². The largest absolute Gasteiger partial charge is 0.356 e. The molecular weight excluding hydrogens is 350 g/mol. The normalized spacial score (nSPS) is 10.8. The Bertz CT molecular complexity index is 1240. The minimum absolute atomic E-state index is 1.09. The molecule has 0 atom stereocenters. The minimum atomic E-state index is 1.09. The number of para-hydroxylation sites is 1. The molecule has 1 N–H and O–H groups in total. The van der Waals surface area contributed by atoms with Gasteiger partial charge in [-0.15, -0.1) is 0 Å². The molecule has 0 saturated carbocycles. The zero-order valence-electron chi connectivity index (χ0n) is 16.0. The van der Waals surface area contributed by atoms with Crippen LogP contribution < -0.4 is 5.32 Å². The van der Waals surface area contributed by atoms with Gasteiger partial charge in [-0.1, -0.05) is 97.1 Å². The molecule has 0 unspecified atom stereocenters. The molecule has 0 radical (unpaired) electrons. The maximum absolute atomic E-state index is 3.45. The van der Waals surface area contributed by atoms with Gasteiger partial charge in [0.1, 0.15) is 0 Å². The Morgan fingerprint density at radius 3 is 1.41 bits per heavy atom. The van der Waals surface area contributed by atoms with Crippen LogP contribution >= 0.6 is 0 Å². The highest BCUT2D eigenvalue weighted by Gasteiger charge is 2.08. The summed E-state index contributed by atoms with van der Waals surface area (Å²) in [6.45, 7) is 0. The lowest BCUT2D eigenvalue weighted by molar-refractivity contribution is 1.55. The smallest absolute Gasteiger partial charge is 0.0384 e. The molecule has 0 aliphatic carbocycles. The third-order valence-electron chi connectivity index (χ3n) is 5.27. The first-order chi connectivity index (χ1) is 14.4. The van der Waals surface area contributed by atoms with Crippen molar-refractivity contribution >= 4 is 22.1 Å². The van der Waals surface area contributed by atoms with Gasteiger partial charge in [-0.3, -0.25) is 0 Å². The first-order valence-corrected chi connectivity index (χ1v) is 9.88. The molecule has 5 rings (SSSR count). The molecular formula is C28H21N. The van der Waals surface area contributed by atoms with Crippen LogP contribution in [0, 0.1) is 0 Å². The van der Waals surface area contributed by atoms with Crippen LogP contribution in [-0.2, 0) is 0 Å². The summed E-state index contributed by atoms with van der Waals surface area (Å²) in [6.07, 6.45) is 0. The fourth-order valence-corrected chi connectivity index (χ4v) is 3.85. The number of benzene rings is 5. The Balaban J connectivity index is 1.54. The number of rotatable bonds is 4. The first-order valence-electron chi connectivity index (χ1n) is 9.88. The fourth-order valence-electron chi connectivity index (χ4n) is 3.85. The maximum Gasteiger partial charge on any atom is 0.0384 e. The van der Waals surface area contributed by atoms with Crippen LogP contribution in [0.5, 0.6) is 0 Å². The second-order valence-electron chi connectivity index (χ2n) is 7.14. The van der Waals surface area contributed by atoms with E-state index in [4.69, 9.17) is 0 Å². The van der Waals surface area contributed by atoms with Crippen molar-refractivity contribution in [1.29, 1.82) is 0 Å². The topological polar surface area (TPSA) is 12.0 Å². The summed E-state index contributed by atoms with van der Waals surface area (Å²) >= 11 is 0. The molecule has 29 heavy (non-hydrogen) atoms. The lowest BCUT2D eigenvalue weighted by Crippen LogP contribution is -1.90. The van der Waals surface area contributed by atoms with Crippen LogP contribution in [-0.4, -0.2) is 0 Å². The lowest BCUT2D eigenvalue weighted by atomic mass is 9.93. The fraction of sp³-hybridized carbons (Fsp3) is 0. The van der Waals surface area contributed by atoms with Gasteiger partial charge in [0.15, 0.2) is 0 Å². The highest BCUT2D eigenvalue weighted by Crippen LogP contribution is 2.35. The summed E-state index contributed by atoms with van der Waals surface area (Å²) in [5.41, 5.74) is 7.18. The molecule has 1 heteroatoms. The third-order valence-corrected chi connectivity index (χ3v) is 5.27. The summed E-state index contributed by atoms with van der Waals surface area (Å²) in [5.74, 6) is 0. The number of anilines is 2. The average molecular weight is 371 g/mol. The van der Waals surface area contributed by atoms with Crippen LogP contribution in [0.15, 0.2) is 121 Å². The predicted octanol–water partition coefficient (Wildman–Crippen LogP) is 7.92. The zero-order valence-corrected chi connectivity index (χ0v) is 16.0. The number of fused-ring (bicyclic) bond motifs is 1. The van der Waals surface area contributed by atoms with E-state index in [0.717, 1.165) is 11.4 Å². The van der Waals surface area contributed by atoms with Crippen LogP contribution in [0.25, 0.3) is 33.0 Å². The van der Waals surface area contributed by atoms with Crippen LogP contribution in [0.2, 0.25) is 0 Å². The number of hydrogen-bond acceptors (Lipinski definition) is 1. The molecule has 0 aromatic heterocycles. The number of hydrogen-bond donors (Lipinski definition) is 1. The van der Waals surface area contributed by atoms with Gasteiger partial charge in [0.25, 0.3) is 0 Å². The van der Waals surface area contributed by atoms with Gasteiger partial charge < -0.3 is 5.32 Å². The Labute approximate surface area is 171 Å². The predicted molar refractivity (Wildman–Crippen MR) is 125 cm³/mol. The summed E-state index contributed by atoms with van der Waals surface area (Å²) in [5, 5.41) is 6.01. The highest BCUT2D eigenvalue weighted by atomic mass is 14.9. The molecule has 0 aliphatic rings. The van der Waals surface area contributed by atoms with Crippen molar-refractivity contribution < 1.29 is 0 Å². The van der Waals surface area contributed by atoms with Gasteiger partial charge in [0.2, 0.25) is 0 Å². The Hall–Kier alpha value is -3.84. The second kappa shape index (κ2) is 7.65. The quantitative estimate of drug-likeness (QED) is 0.338. The number of nitrogens with one attached hydrogen (secondary N) is 1. The Morgan fingerprint density at radius 1 is 0.345 bits per heavy atom.